The van der Waals surface area contributed by atoms with Crippen LogP contribution in [0.1, 0.15) is 21.5 Å². The summed E-state index contributed by atoms with van der Waals surface area (Å²) in [5.41, 5.74) is 2.71. The monoisotopic (exact) mass is 402 g/mol. The second-order valence-electron chi connectivity index (χ2n) is 6.64. The molecule has 0 radical (unpaired) electrons. The lowest BCUT2D eigenvalue weighted by Crippen LogP contribution is -2.48. The molecule has 0 bridgehead atoms. The lowest BCUT2D eigenvalue weighted by Gasteiger charge is -2.34. The Labute approximate surface area is 168 Å². The van der Waals surface area contributed by atoms with E-state index in [2.05, 4.69) is 36.1 Å². The zero-order chi connectivity index (χ0) is 21.4. The van der Waals surface area contributed by atoms with Crippen LogP contribution in [0.4, 0.5) is 4.39 Å². The van der Waals surface area contributed by atoms with Crippen molar-refractivity contribution in [2.24, 2.45) is 0 Å². The van der Waals surface area contributed by atoms with E-state index in [-0.39, 0.29) is 11.5 Å². The average Bonchev–Trinajstić information content (AvgIpc) is 2.70. The van der Waals surface area contributed by atoms with Gasteiger partial charge in [0.15, 0.2) is 0 Å². The first kappa shape index (κ1) is 22.0. The van der Waals surface area contributed by atoms with E-state index < -0.39 is 17.8 Å². The number of carboxylic acid groups (broad SMARTS) is 2. The maximum atomic E-state index is 13.7. The molecule has 0 unspecified atom stereocenters. The Morgan fingerprint density at radius 1 is 0.897 bits per heavy atom. The molecule has 7 nitrogen and oxygen atoms in total. The molecule has 0 aliphatic carbocycles. The van der Waals surface area contributed by atoms with Crippen LogP contribution in [-0.4, -0.2) is 64.0 Å². The first-order chi connectivity index (χ1) is 13.8. The number of hydrogen-bond acceptors (Lipinski definition) is 4. The summed E-state index contributed by atoms with van der Waals surface area (Å²) in [6.45, 7) is 5.87. The van der Waals surface area contributed by atoms with Gasteiger partial charge >= 0.3 is 11.9 Å². The Morgan fingerprint density at radius 2 is 1.45 bits per heavy atom. The maximum Gasteiger partial charge on any atom is 0.414 e. The number of carbonyl (C=O) groups excluding carboxylic acids is 1. The summed E-state index contributed by atoms with van der Waals surface area (Å²) >= 11 is 0. The highest BCUT2D eigenvalue weighted by Crippen LogP contribution is 2.14. The summed E-state index contributed by atoms with van der Waals surface area (Å²) in [4.78, 5) is 34.7. The minimum absolute atomic E-state index is 0.166. The van der Waals surface area contributed by atoms with Crippen LogP contribution in [0.3, 0.4) is 0 Å². The van der Waals surface area contributed by atoms with Gasteiger partial charge in [0.1, 0.15) is 5.82 Å². The zero-order valence-electron chi connectivity index (χ0n) is 16.0. The fourth-order valence-corrected chi connectivity index (χ4v) is 2.87. The van der Waals surface area contributed by atoms with Crippen molar-refractivity contribution in [2.45, 2.75) is 13.5 Å². The summed E-state index contributed by atoms with van der Waals surface area (Å²) < 4.78 is 13.7. The van der Waals surface area contributed by atoms with Gasteiger partial charge in [-0.25, -0.2) is 14.0 Å². The fraction of sp³-hybridized carbons (Fsp3) is 0.286. The molecule has 29 heavy (non-hydrogen) atoms. The largest absolute Gasteiger partial charge is 0.473 e. The van der Waals surface area contributed by atoms with Gasteiger partial charge in [-0.15, -0.1) is 0 Å². The van der Waals surface area contributed by atoms with Crippen molar-refractivity contribution < 1.29 is 29.0 Å². The SMILES string of the molecule is Cc1ccc(CN2CCN(C(=O)c3ccccc3F)CC2)cc1.O=C(O)C(=O)O. The van der Waals surface area contributed by atoms with Gasteiger partial charge in [0, 0.05) is 32.7 Å². The molecule has 2 aromatic rings. The van der Waals surface area contributed by atoms with Crippen LogP contribution in [0.2, 0.25) is 0 Å². The van der Waals surface area contributed by atoms with Gasteiger partial charge in [0.05, 0.1) is 5.56 Å². The van der Waals surface area contributed by atoms with E-state index in [4.69, 9.17) is 19.8 Å². The summed E-state index contributed by atoms with van der Waals surface area (Å²) in [5.74, 6) is -4.30. The van der Waals surface area contributed by atoms with Crippen molar-refractivity contribution in [3.63, 3.8) is 0 Å². The Balaban J connectivity index is 0.000000438. The summed E-state index contributed by atoms with van der Waals surface area (Å²) in [7, 11) is 0. The molecule has 1 heterocycles. The van der Waals surface area contributed by atoms with E-state index >= 15 is 0 Å². The lowest BCUT2D eigenvalue weighted by molar-refractivity contribution is -0.159. The molecular weight excluding hydrogens is 379 g/mol. The van der Waals surface area contributed by atoms with Crippen molar-refractivity contribution in [3.8, 4) is 0 Å². The molecule has 154 valence electrons. The fourth-order valence-electron chi connectivity index (χ4n) is 2.87. The van der Waals surface area contributed by atoms with Crippen molar-refractivity contribution in [1.82, 2.24) is 9.80 Å². The first-order valence-corrected chi connectivity index (χ1v) is 9.06. The van der Waals surface area contributed by atoms with Gasteiger partial charge in [-0.1, -0.05) is 42.0 Å². The van der Waals surface area contributed by atoms with E-state index in [0.717, 1.165) is 19.6 Å². The topological polar surface area (TPSA) is 98.2 Å². The third-order valence-electron chi connectivity index (χ3n) is 4.47. The number of piperazine rings is 1. The van der Waals surface area contributed by atoms with E-state index in [1.54, 1.807) is 23.1 Å². The van der Waals surface area contributed by atoms with Gasteiger partial charge in [0.2, 0.25) is 0 Å². The second-order valence-corrected chi connectivity index (χ2v) is 6.64. The highest BCUT2D eigenvalue weighted by Gasteiger charge is 2.23. The van der Waals surface area contributed by atoms with Gasteiger partial charge in [0.25, 0.3) is 5.91 Å². The van der Waals surface area contributed by atoms with Crippen LogP contribution in [0.5, 0.6) is 0 Å². The van der Waals surface area contributed by atoms with Gasteiger partial charge in [-0.3, -0.25) is 9.69 Å². The Hall–Kier alpha value is -3.26. The molecule has 1 aliphatic rings. The molecule has 1 aliphatic heterocycles. The molecule has 1 saturated heterocycles. The number of benzene rings is 2. The van der Waals surface area contributed by atoms with E-state index in [1.165, 1.54) is 17.2 Å². The number of carboxylic acids is 2. The quantitative estimate of drug-likeness (QED) is 0.765. The number of aryl methyl sites for hydroxylation is 1. The molecular formula is C21H23FN2O5. The number of nitrogens with zero attached hydrogens (tertiary/aromatic N) is 2. The predicted octanol–water partition coefficient (Wildman–Crippen LogP) is 2.25. The molecule has 0 aromatic heterocycles. The number of rotatable bonds is 3. The van der Waals surface area contributed by atoms with Crippen molar-refractivity contribution in [2.75, 3.05) is 26.2 Å². The summed E-state index contributed by atoms with van der Waals surface area (Å²) in [6.07, 6.45) is 0. The van der Waals surface area contributed by atoms with Gasteiger partial charge < -0.3 is 15.1 Å². The smallest absolute Gasteiger partial charge is 0.414 e. The van der Waals surface area contributed by atoms with E-state index in [1.807, 2.05) is 0 Å². The predicted molar refractivity (Wildman–Crippen MR) is 104 cm³/mol. The zero-order valence-corrected chi connectivity index (χ0v) is 16.0. The number of halogens is 1. The summed E-state index contributed by atoms with van der Waals surface area (Å²) in [6, 6.07) is 14.7. The number of carbonyl (C=O) groups is 3. The van der Waals surface area contributed by atoms with Crippen molar-refractivity contribution in [1.29, 1.82) is 0 Å². The normalized spacial score (nSPS) is 13.9. The number of aliphatic carboxylic acids is 2. The third kappa shape index (κ3) is 6.69. The molecule has 3 rings (SSSR count). The van der Waals surface area contributed by atoms with Crippen molar-refractivity contribution >= 4 is 17.8 Å². The molecule has 8 heteroatoms. The Kier molecular flexibility index (Phi) is 7.85. The minimum Gasteiger partial charge on any atom is -0.473 e. The van der Waals surface area contributed by atoms with E-state index in [9.17, 15) is 9.18 Å². The molecule has 1 fully saturated rings. The average molecular weight is 402 g/mol. The van der Waals surface area contributed by atoms with Crippen LogP contribution in [0, 0.1) is 12.7 Å². The van der Waals surface area contributed by atoms with Crippen LogP contribution < -0.4 is 0 Å². The minimum atomic E-state index is -1.82. The second kappa shape index (κ2) is 10.3. The van der Waals surface area contributed by atoms with Gasteiger partial charge in [-0.2, -0.15) is 0 Å². The van der Waals surface area contributed by atoms with E-state index in [0.29, 0.717) is 13.1 Å². The standard InChI is InChI=1S/C19H21FN2O.C2H2O4/c1-15-6-8-16(9-7-15)14-21-10-12-22(13-11-21)19(23)17-4-2-3-5-18(17)20;3-1(4)2(5)6/h2-9H,10-14H2,1H3;(H,3,4)(H,5,6). The molecule has 0 atom stereocenters. The third-order valence-corrected chi connectivity index (χ3v) is 4.47. The maximum absolute atomic E-state index is 13.7. The number of amides is 1. The van der Waals surface area contributed by atoms with Crippen LogP contribution in [-0.2, 0) is 16.1 Å². The molecule has 2 aromatic carbocycles. The first-order valence-electron chi connectivity index (χ1n) is 9.06. The molecule has 1 amide bonds. The molecule has 0 spiro atoms. The summed E-state index contributed by atoms with van der Waals surface area (Å²) in [5, 5.41) is 14.8. The Morgan fingerprint density at radius 3 is 1.97 bits per heavy atom. The van der Waals surface area contributed by atoms with Crippen LogP contribution in [0.15, 0.2) is 48.5 Å². The van der Waals surface area contributed by atoms with Crippen molar-refractivity contribution in [3.05, 3.63) is 71.0 Å². The molecule has 2 N–H and O–H groups in total. The number of hydrogen-bond donors (Lipinski definition) is 2. The highest BCUT2D eigenvalue weighted by molar-refractivity contribution is 6.27. The highest BCUT2D eigenvalue weighted by atomic mass is 19.1. The van der Waals surface area contributed by atoms with Gasteiger partial charge in [-0.05, 0) is 24.6 Å². The van der Waals surface area contributed by atoms with Crippen LogP contribution in [0.25, 0.3) is 0 Å². The molecule has 0 saturated carbocycles. The van der Waals surface area contributed by atoms with Crippen LogP contribution >= 0.6 is 0 Å². The Bertz CT molecular complexity index is 850. The lowest BCUT2D eigenvalue weighted by atomic mass is 10.1.